The van der Waals surface area contributed by atoms with Crippen molar-refractivity contribution in [1.82, 2.24) is 0 Å². The maximum absolute atomic E-state index is 11.5. The molecule has 1 aromatic rings. The predicted octanol–water partition coefficient (Wildman–Crippen LogP) is 2.73. The number of carbonyl (C=O) groups excluding carboxylic acids is 2. The number of aryl methyl sites for hydroxylation is 2. The molecule has 0 spiro atoms. The molecule has 114 valence electrons. The highest BCUT2D eigenvalue weighted by molar-refractivity contribution is 6.39. The van der Waals surface area contributed by atoms with E-state index in [2.05, 4.69) is 4.74 Å². The average Bonchev–Trinajstić information content (AvgIpc) is 2.39. The van der Waals surface area contributed by atoms with Gasteiger partial charge in [0.15, 0.2) is 0 Å². The summed E-state index contributed by atoms with van der Waals surface area (Å²) in [5.41, 5.74) is 2.12. The first kappa shape index (κ1) is 16.8. The SMILES string of the molecule is COC(=O)C(=O)/C=C(/O)c1cc(C)cc(C)c1OC(C)C. The van der Waals surface area contributed by atoms with Crippen molar-refractivity contribution < 1.29 is 24.2 Å². The van der Waals surface area contributed by atoms with Crippen LogP contribution >= 0.6 is 0 Å². The number of ether oxygens (including phenoxy) is 2. The van der Waals surface area contributed by atoms with Crippen molar-refractivity contribution in [1.29, 1.82) is 0 Å². The third kappa shape index (κ3) is 4.34. The molecule has 1 N–H and O–H groups in total. The Balaban J connectivity index is 3.30. The molecule has 21 heavy (non-hydrogen) atoms. The second-order valence-corrected chi connectivity index (χ2v) is 5.01. The predicted molar refractivity (Wildman–Crippen MR) is 79.3 cm³/mol. The highest BCUT2D eigenvalue weighted by Crippen LogP contribution is 2.31. The number of esters is 1. The first-order valence-electron chi connectivity index (χ1n) is 6.57. The van der Waals surface area contributed by atoms with E-state index in [1.807, 2.05) is 33.8 Å². The van der Waals surface area contributed by atoms with Crippen LogP contribution in [0.25, 0.3) is 5.76 Å². The Hall–Kier alpha value is -2.30. The number of rotatable bonds is 5. The summed E-state index contributed by atoms with van der Waals surface area (Å²) in [5, 5.41) is 10.1. The van der Waals surface area contributed by atoms with Crippen LogP contribution in [0, 0.1) is 13.8 Å². The normalized spacial score (nSPS) is 11.4. The highest BCUT2D eigenvalue weighted by Gasteiger charge is 2.17. The van der Waals surface area contributed by atoms with E-state index in [0.717, 1.165) is 24.3 Å². The number of aliphatic hydroxyl groups excluding tert-OH is 1. The van der Waals surface area contributed by atoms with Gasteiger partial charge < -0.3 is 14.6 Å². The number of ketones is 1. The molecule has 0 atom stereocenters. The fourth-order valence-electron chi connectivity index (χ4n) is 1.90. The smallest absolute Gasteiger partial charge is 0.378 e. The van der Waals surface area contributed by atoms with Crippen LogP contribution in [0.2, 0.25) is 0 Å². The van der Waals surface area contributed by atoms with Gasteiger partial charge in [-0.25, -0.2) is 4.79 Å². The second kappa shape index (κ2) is 6.92. The van der Waals surface area contributed by atoms with Crippen LogP contribution in [-0.4, -0.2) is 30.1 Å². The van der Waals surface area contributed by atoms with Gasteiger partial charge in [-0.1, -0.05) is 6.07 Å². The lowest BCUT2D eigenvalue weighted by atomic mass is 10.0. The number of benzene rings is 1. The molecule has 0 heterocycles. The molecule has 0 radical (unpaired) electrons. The lowest BCUT2D eigenvalue weighted by molar-refractivity contribution is -0.149. The van der Waals surface area contributed by atoms with Gasteiger partial charge in [-0.05, 0) is 44.9 Å². The maximum atomic E-state index is 11.5. The number of hydrogen-bond acceptors (Lipinski definition) is 5. The molecule has 0 unspecified atom stereocenters. The minimum absolute atomic E-state index is 0.0886. The van der Waals surface area contributed by atoms with Gasteiger partial charge in [0.05, 0.1) is 18.8 Å². The van der Waals surface area contributed by atoms with E-state index in [9.17, 15) is 14.7 Å². The summed E-state index contributed by atoms with van der Waals surface area (Å²) in [4.78, 5) is 22.6. The van der Waals surface area contributed by atoms with Gasteiger partial charge in [0.1, 0.15) is 11.5 Å². The van der Waals surface area contributed by atoms with Crippen LogP contribution < -0.4 is 4.74 Å². The van der Waals surface area contributed by atoms with Crippen LogP contribution in [0.15, 0.2) is 18.2 Å². The van der Waals surface area contributed by atoms with Gasteiger partial charge in [0, 0.05) is 6.08 Å². The van der Waals surface area contributed by atoms with Crippen LogP contribution in [0.5, 0.6) is 5.75 Å². The van der Waals surface area contributed by atoms with Crippen molar-refractivity contribution >= 4 is 17.5 Å². The summed E-state index contributed by atoms with van der Waals surface area (Å²) in [6, 6.07) is 3.61. The van der Waals surface area contributed by atoms with E-state index in [-0.39, 0.29) is 11.9 Å². The monoisotopic (exact) mass is 292 g/mol. The molecule has 0 aliphatic heterocycles. The zero-order valence-corrected chi connectivity index (χ0v) is 12.9. The third-order valence-corrected chi connectivity index (χ3v) is 2.70. The lowest BCUT2D eigenvalue weighted by Gasteiger charge is -2.17. The van der Waals surface area contributed by atoms with Crippen LogP contribution in [-0.2, 0) is 14.3 Å². The Morgan fingerprint density at radius 3 is 2.38 bits per heavy atom. The van der Waals surface area contributed by atoms with Gasteiger partial charge in [-0.3, -0.25) is 4.79 Å². The van der Waals surface area contributed by atoms with Crippen LogP contribution in [0.1, 0.15) is 30.5 Å². The molecular weight excluding hydrogens is 272 g/mol. The Bertz CT molecular complexity index is 585. The fourth-order valence-corrected chi connectivity index (χ4v) is 1.90. The first-order chi connectivity index (χ1) is 9.76. The molecule has 0 saturated carbocycles. The van der Waals surface area contributed by atoms with E-state index < -0.39 is 11.8 Å². The molecule has 0 aromatic heterocycles. The van der Waals surface area contributed by atoms with E-state index in [1.165, 1.54) is 0 Å². The molecule has 0 fully saturated rings. The lowest BCUT2D eigenvalue weighted by Crippen LogP contribution is -2.13. The number of carbonyl (C=O) groups is 2. The van der Waals surface area contributed by atoms with Crippen molar-refractivity contribution in [2.24, 2.45) is 0 Å². The Morgan fingerprint density at radius 1 is 1.24 bits per heavy atom. The topological polar surface area (TPSA) is 72.8 Å². The van der Waals surface area contributed by atoms with Crippen molar-refractivity contribution in [2.75, 3.05) is 7.11 Å². The van der Waals surface area contributed by atoms with Gasteiger partial charge >= 0.3 is 5.97 Å². The van der Waals surface area contributed by atoms with Gasteiger partial charge in [-0.2, -0.15) is 0 Å². The molecule has 1 rings (SSSR count). The summed E-state index contributed by atoms with van der Waals surface area (Å²) < 4.78 is 10.0. The Morgan fingerprint density at radius 2 is 1.86 bits per heavy atom. The minimum atomic E-state index is -1.03. The summed E-state index contributed by atoms with van der Waals surface area (Å²) in [7, 11) is 1.11. The van der Waals surface area contributed by atoms with E-state index in [1.54, 1.807) is 6.07 Å². The standard InChI is InChI=1S/C16H20O5/c1-9(2)21-15-11(4)6-10(3)7-12(15)13(17)8-14(18)16(19)20-5/h6-9,17H,1-5H3/b13-8+. The fraction of sp³-hybridized carbons (Fsp3) is 0.375. The van der Waals surface area contributed by atoms with Gasteiger partial charge in [-0.15, -0.1) is 0 Å². The first-order valence-corrected chi connectivity index (χ1v) is 6.57. The summed E-state index contributed by atoms with van der Waals surface area (Å²) in [5.74, 6) is -1.79. The van der Waals surface area contributed by atoms with Crippen molar-refractivity contribution in [3.63, 3.8) is 0 Å². The van der Waals surface area contributed by atoms with E-state index in [4.69, 9.17) is 4.74 Å². The van der Waals surface area contributed by atoms with Gasteiger partial charge in [0.2, 0.25) is 0 Å². The molecule has 1 aromatic carbocycles. The summed E-state index contributed by atoms with van der Waals surface area (Å²) >= 11 is 0. The van der Waals surface area contributed by atoms with Crippen LogP contribution in [0.4, 0.5) is 0 Å². The average molecular weight is 292 g/mol. The number of hydrogen-bond donors (Lipinski definition) is 1. The van der Waals surface area contributed by atoms with Crippen molar-refractivity contribution in [3.8, 4) is 5.75 Å². The van der Waals surface area contributed by atoms with Crippen LogP contribution in [0.3, 0.4) is 0 Å². The minimum Gasteiger partial charge on any atom is -0.507 e. The zero-order valence-electron chi connectivity index (χ0n) is 12.9. The molecular formula is C16H20O5. The largest absolute Gasteiger partial charge is 0.507 e. The van der Waals surface area contributed by atoms with E-state index in [0.29, 0.717) is 11.3 Å². The molecule has 0 aliphatic rings. The Labute approximate surface area is 124 Å². The molecule has 5 heteroatoms. The van der Waals surface area contributed by atoms with Crippen molar-refractivity contribution in [3.05, 3.63) is 34.9 Å². The maximum Gasteiger partial charge on any atom is 0.378 e. The van der Waals surface area contributed by atoms with E-state index >= 15 is 0 Å². The molecule has 0 bridgehead atoms. The second-order valence-electron chi connectivity index (χ2n) is 5.01. The number of aliphatic hydroxyl groups is 1. The summed E-state index contributed by atoms with van der Waals surface area (Å²) in [6.45, 7) is 7.45. The van der Waals surface area contributed by atoms with Gasteiger partial charge in [0.25, 0.3) is 5.78 Å². The zero-order chi connectivity index (χ0) is 16.2. The molecule has 0 aliphatic carbocycles. The third-order valence-electron chi connectivity index (χ3n) is 2.70. The molecule has 0 amide bonds. The van der Waals surface area contributed by atoms with Crippen molar-refractivity contribution in [2.45, 2.75) is 33.8 Å². The molecule has 0 saturated heterocycles. The number of methoxy groups -OCH3 is 1. The highest BCUT2D eigenvalue weighted by atomic mass is 16.5. The quantitative estimate of drug-likeness (QED) is 0.391. The summed E-state index contributed by atoms with van der Waals surface area (Å²) in [6.07, 6.45) is 0.752. The molecule has 5 nitrogen and oxygen atoms in total. The Kier molecular flexibility index (Phi) is 5.52.